The molecule has 5 nitrogen and oxygen atoms in total. The molecule has 1 aliphatic rings. The van der Waals surface area contributed by atoms with Crippen LogP contribution in [-0.2, 0) is 12.7 Å². The molecule has 0 atom stereocenters. The third kappa shape index (κ3) is 4.84. The van der Waals surface area contributed by atoms with Crippen molar-refractivity contribution in [2.45, 2.75) is 25.6 Å². The van der Waals surface area contributed by atoms with Crippen LogP contribution in [0.2, 0.25) is 0 Å². The predicted octanol–water partition coefficient (Wildman–Crippen LogP) is 4.69. The highest BCUT2D eigenvalue weighted by Crippen LogP contribution is 2.30. The largest absolute Gasteiger partial charge is 0.416 e. The molecule has 1 aromatic heterocycles. The molecule has 1 fully saturated rings. The summed E-state index contributed by atoms with van der Waals surface area (Å²) in [6.45, 7) is 1.99. The van der Waals surface area contributed by atoms with Gasteiger partial charge in [-0.3, -0.25) is 9.78 Å². The number of nitrogens with one attached hydrogen (secondary N) is 1. The van der Waals surface area contributed by atoms with Crippen molar-refractivity contribution < 1.29 is 18.0 Å². The van der Waals surface area contributed by atoms with Gasteiger partial charge in [-0.1, -0.05) is 24.3 Å². The quantitative estimate of drug-likeness (QED) is 0.643. The third-order valence-corrected chi connectivity index (χ3v) is 5.22. The molecule has 31 heavy (non-hydrogen) atoms. The first-order valence-electron chi connectivity index (χ1n) is 10.0. The summed E-state index contributed by atoms with van der Waals surface area (Å²) in [7, 11) is 0. The van der Waals surface area contributed by atoms with E-state index in [4.69, 9.17) is 0 Å². The van der Waals surface area contributed by atoms with E-state index in [2.05, 4.69) is 20.2 Å². The Balaban J connectivity index is 1.48. The second kappa shape index (κ2) is 8.75. The molecule has 160 valence electrons. The van der Waals surface area contributed by atoms with Gasteiger partial charge in [-0.2, -0.15) is 13.2 Å². The lowest BCUT2D eigenvalue weighted by Crippen LogP contribution is -2.23. The number of halogens is 3. The Morgan fingerprint density at radius 2 is 1.71 bits per heavy atom. The first-order valence-corrected chi connectivity index (χ1v) is 10.0. The number of anilines is 1. The van der Waals surface area contributed by atoms with Gasteiger partial charge in [0, 0.05) is 43.2 Å². The number of rotatable bonds is 5. The van der Waals surface area contributed by atoms with E-state index in [1.807, 2.05) is 6.07 Å². The van der Waals surface area contributed by atoms with Gasteiger partial charge in [0.25, 0.3) is 5.91 Å². The van der Waals surface area contributed by atoms with Crippen LogP contribution in [-0.4, -0.2) is 29.0 Å². The Morgan fingerprint density at radius 3 is 2.42 bits per heavy atom. The standard InChI is InChI=1S/C23H21F3N4O/c24-23(25,26)19-8-6-16(7-9-19)15-29-22(31)18-5-3-4-17(14-18)20-21(28-11-10-27-20)30-12-1-2-13-30/h3-11,14H,1-2,12-13,15H2,(H,29,31). The number of hydrogen-bond donors (Lipinski definition) is 1. The highest BCUT2D eigenvalue weighted by Gasteiger charge is 2.29. The molecule has 0 radical (unpaired) electrons. The zero-order chi connectivity index (χ0) is 21.8. The van der Waals surface area contributed by atoms with Gasteiger partial charge in [-0.15, -0.1) is 0 Å². The molecule has 1 aliphatic heterocycles. The van der Waals surface area contributed by atoms with Crippen LogP contribution in [0.5, 0.6) is 0 Å². The van der Waals surface area contributed by atoms with Crippen molar-refractivity contribution in [2.75, 3.05) is 18.0 Å². The Kier molecular flexibility index (Phi) is 5.88. The van der Waals surface area contributed by atoms with E-state index in [0.29, 0.717) is 11.1 Å². The SMILES string of the molecule is O=C(NCc1ccc(C(F)(F)F)cc1)c1cccc(-c2nccnc2N2CCCC2)c1. The van der Waals surface area contributed by atoms with Gasteiger partial charge in [0.1, 0.15) is 5.69 Å². The summed E-state index contributed by atoms with van der Waals surface area (Å²) in [5.41, 5.74) is 1.83. The van der Waals surface area contributed by atoms with Gasteiger partial charge >= 0.3 is 6.18 Å². The van der Waals surface area contributed by atoms with Crippen molar-refractivity contribution in [3.8, 4) is 11.3 Å². The number of hydrogen-bond acceptors (Lipinski definition) is 4. The van der Waals surface area contributed by atoms with Crippen LogP contribution < -0.4 is 10.2 Å². The Morgan fingerprint density at radius 1 is 1.00 bits per heavy atom. The smallest absolute Gasteiger partial charge is 0.355 e. The average Bonchev–Trinajstić information content (AvgIpc) is 3.32. The number of carbonyl (C=O) groups excluding carboxylic acids is 1. The maximum absolute atomic E-state index is 12.7. The van der Waals surface area contributed by atoms with Gasteiger partial charge in [0.05, 0.1) is 5.56 Å². The predicted molar refractivity (Wildman–Crippen MR) is 112 cm³/mol. The summed E-state index contributed by atoms with van der Waals surface area (Å²) in [4.78, 5) is 23.8. The minimum atomic E-state index is -4.38. The maximum Gasteiger partial charge on any atom is 0.416 e. The minimum absolute atomic E-state index is 0.130. The van der Waals surface area contributed by atoms with Crippen molar-refractivity contribution >= 4 is 11.7 Å². The number of carbonyl (C=O) groups is 1. The van der Waals surface area contributed by atoms with Gasteiger partial charge in [0.15, 0.2) is 5.82 Å². The molecule has 0 aliphatic carbocycles. The monoisotopic (exact) mass is 426 g/mol. The fraction of sp³-hybridized carbons (Fsp3) is 0.261. The minimum Gasteiger partial charge on any atom is -0.355 e. The molecule has 2 heterocycles. The van der Waals surface area contributed by atoms with Gasteiger partial charge < -0.3 is 10.2 Å². The first kappa shape index (κ1) is 20.8. The fourth-order valence-electron chi connectivity index (χ4n) is 3.60. The second-order valence-corrected chi connectivity index (χ2v) is 7.38. The van der Waals surface area contributed by atoms with E-state index in [-0.39, 0.29) is 12.5 Å². The lowest BCUT2D eigenvalue weighted by Gasteiger charge is -2.19. The molecule has 0 saturated carbocycles. The van der Waals surface area contributed by atoms with Crippen LogP contribution in [0.15, 0.2) is 60.9 Å². The molecule has 1 saturated heterocycles. The zero-order valence-electron chi connectivity index (χ0n) is 16.7. The highest BCUT2D eigenvalue weighted by atomic mass is 19.4. The lowest BCUT2D eigenvalue weighted by molar-refractivity contribution is -0.137. The van der Waals surface area contributed by atoms with Crippen molar-refractivity contribution in [2.24, 2.45) is 0 Å². The van der Waals surface area contributed by atoms with Gasteiger partial charge in [-0.05, 0) is 42.7 Å². The Labute approximate surface area is 178 Å². The molecule has 1 amide bonds. The number of aromatic nitrogens is 2. The van der Waals surface area contributed by atoms with Crippen LogP contribution >= 0.6 is 0 Å². The Hall–Kier alpha value is -3.42. The molecule has 0 unspecified atom stereocenters. The molecular weight excluding hydrogens is 405 g/mol. The number of nitrogens with zero attached hydrogens (tertiary/aromatic N) is 3. The number of amides is 1. The van der Waals surface area contributed by atoms with Gasteiger partial charge in [-0.25, -0.2) is 4.98 Å². The van der Waals surface area contributed by atoms with E-state index < -0.39 is 11.7 Å². The highest BCUT2D eigenvalue weighted by molar-refractivity contribution is 5.95. The molecule has 1 N–H and O–H groups in total. The summed E-state index contributed by atoms with van der Waals surface area (Å²) < 4.78 is 38.0. The number of alkyl halides is 3. The van der Waals surface area contributed by atoms with E-state index in [9.17, 15) is 18.0 Å². The molecule has 2 aromatic carbocycles. The first-order chi connectivity index (χ1) is 14.9. The lowest BCUT2D eigenvalue weighted by atomic mass is 10.1. The molecule has 0 bridgehead atoms. The normalized spacial score (nSPS) is 14.0. The summed E-state index contributed by atoms with van der Waals surface area (Å²) in [5, 5.41) is 2.76. The second-order valence-electron chi connectivity index (χ2n) is 7.38. The van der Waals surface area contributed by atoms with Crippen molar-refractivity contribution in [1.82, 2.24) is 15.3 Å². The molecule has 8 heteroatoms. The van der Waals surface area contributed by atoms with Crippen LogP contribution in [0.3, 0.4) is 0 Å². The summed E-state index contributed by atoms with van der Waals surface area (Å²) in [6, 6.07) is 11.9. The molecule has 0 spiro atoms. The summed E-state index contributed by atoms with van der Waals surface area (Å²) >= 11 is 0. The summed E-state index contributed by atoms with van der Waals surface area (Å²) in [6.07, 6.45) is 1.14. The average molecular weight is 426 g/mol. The Bertz CT molecular complexity index is 1060. The van der Waals surface area contributed by atoms with E-state index in [0.717, 1.165) is 55.1 Å². The van der Waals surface area contributed by atoms with Crippen LogP contribution in [0.4, 0.5) is 19.0 Å². The van der Waals surface area contributed by atoms with Crippen LogP contribution in [0.25, 0.3) is 11.3 Å². The van der Waals surface area contributed by atoms with E-state index in [1.54, 1.807) is 30.6 Å². The van der Waals surface area contributed by atoms with Gasteiger partial charge in [0.2, 0.25) is 0 Å². The number of benzene rings is 2. The topological polar surface area (TPSA) is 58.1 Å². The fourth-order valence-corrected chi connectivity index (χ4v) is 3.60. The molecule has 3 aromatic rings. The maximum atomic E-state index is 12.7. The van der Waals surface area contributed by atoms with Crippen molar-refractivity contribution in [3.63, 3.8) is 0 Å². The van der Waals surface area contributed by atoms with Crippen LogP contribution in [0, 0.1) is 0 Å². The third-order valence-electron chi connectivity index (χ3n) is 5.22. The van der Waals surface area contributed by atoms with Crippen LogP contribution in [0.1, 0.15) is 34.3 Å². The molecule has 4 rings (SSSR count). The van der Waals surface area contributed by atoms with Crippen molar-refractivity contribution in [1.29, 1.82) is 0 Å². The van der Waals surface area contributed by atoms with Crippen molar-refractivity contribution in [3.05, 3.63) is 77.6 Å². The van der Waals surface area contributed by atoms with E-state index >= 15 is 0 Å². The zero-order valence-corrected chi connectivity index (χ0v) is 16.7. The molecular formula is C23H21F3N4O. The summed E-state index contributed by atoms with van der Waals surface area (Å²) in [5.74, 6) is 0.496. The van der Waals surface area contributed by atoms with E-state index in [1.165, 1.54) is 12.1 Å².